The Morgan fingerprint density at radius 3 is 2.10 bits per heavy atom. The normalized spacial score (nSPS) is 10.3. The summed E-state index contributed by atoms with van der Waals surface area (Å²) in [5.41, 5.74) is 4.25. The van der Waals surface area contributed by atoms with E-state index >= 15 is 0 Å². The molecule has 0 saturated carbocycles. The summed E-state index contributed by atoms with van der Waals surface area (Å²) >= 11 is 0. The summed E-state index contributed by atoms with van der Waals surface area (Å²) < 4.78 is 0. The minimum atomic E-state index is -0.365. The molecule has 0 aliphatic rings. The molecule has 0 unspecified atom stereocenters. The number of amides is 2. The van der Waals surface area contributed by atoms with Crippen LogP contribution in [0.3, 0.4) is 0 Å². The molecule has 3 aromatic rings. The third kappa shape index (κ3) is 5.42. The molecule has 1 heterocycles. The number of anilines is 2. The Hall–Kier alpha value is -3.67. The van der Waals surface area contributed by atoms with Crippen molar-refractivity contribution in [3.63, 3.8) is 0 Å². The average molecular weight is 388 g/mol. The molecule has 0 aliphatic heterocycles. The van der Waals surface area contributed by atoms with Gasteiger partial charge in [-0.15, -0.1) is 0 Å². The van der Waals surface area contributed by atoms with Gasteiger partial charge >= 0.3 is 0 Å². The number of benzene rings is 2. The monoisotopic (exact) mass is 388 g/mol. The van der Waals surface area contributed by atoms with Crippen molar-refractivity contribution < 1.29 is 9.59 Å². The van der Waals surface area contributed by atoms with Gasteiger partial charge in [0.2, 0.25) is 0 Å². The second-order valence-corrected chi connectivity index (χ2v) is 6.97. The van der Waals surface area contributed by atoms with Gasteiger partial charge in [-0.1, -0.05) is 35.9 Å². The summed E-state index contributed by atoms with van der Waals surface area (Å²) in [6.07, 6.45) is 0. The number of nitrogens with zero attached hydrogens (tertiary/aromatic N) is 2. The van der Waals surface area contributed by atoms with E-state index in [1.54, 1.807) is 18.2 Å². The maximum absolute atomic E-state index is 12.5. The quantitative estimate of drug-likeness (QED) is 0.676. The van der Waals surface area contributed by atoms with E-state index in [1.807, 2.05) is 74.4 Å². The zero-order valence-electron chi connectivity index (χ0n) is 16.8. The molecule has 0 bridgehead atoms. The number of aromatic nitrogens is 1. The SMILES string of the molecule is Cc1ccc(CNC(=O)c2cccc(C(=O)Nc3ccc(N(C)C)cc3)n2)cc1. The fraction of sp³-hybridized carbons (Fsp3) is 0.174. The molecule has 29 heavy (non-hydrogen) atoms. The van der Waals surface area contributed by atoms with Gasteiger partial charge in [0.05, 0.1) is 0 Å². The maximum atomic E-state index is 12.5. The van der Waals surface area contributed by atoms with Crippen LogP contribution in [0.25, 0.3) is 0 Å². The van der Waals surface area contributed by atoms with Crippen LogP contribution >= 0.6 is 0 Å². The lowest BCUT2D eigenvalue weighted by molar-refractivity contribution is 0.0945. The van der Waals surface area contributed by atoms with Crippen LogP contribution in [0.4, 0.5) is 11.4 Å². The van der Waals surface area contributed by atoms with Crippen LogP contribution in [0, 0.1) is 6.92 Å². The predicted molar refractivity (Wildman–Crippen MR) is 115 cm³/mol. The first kappa shape index (κ1) is 20.1. The first-order valence-electron chi connectivity index (χ1n) is 9.32. The molecule has 0 fully saturated rings. The molecular weight excluding hydrogens is 364 g/mol. The van der Waals surface area contributed by atoms with E-state index in [-0.39, 0.29) is 23.2 Å². The number of carbonyl (C=O) groups excluding carboxylic acids is 2. The molecule has 3 rings (SSSR count). The fourth-order valence-electron chi connectivity index (χ4n) is 2.70. The topological polar surface area (TPSA) is 74.3 Å². The molecule has 0 atom stereocenters. The molecule has 148 valence electrons. The molecule has 2 amide bonds. The van der Waals surface area contributed by atoms with Gasteiger partial charge in [-0.3, -0.25) is 9.59 Å². The molecule has 2 aromatic carbocycles. The third-order valence-corrected chi connectivity index (χ3v) is 4.43. The first-order valence-corrected chi connectivity index (χ1v) is 9.32. The van der Waals surface area contributed by atoms with Gasteiger partial charge in [0.15, 0.2) is 0 Å². The molecule has 0 saturated heterocycles. The summed E-state index contributed by atoms with van der Waals surface area (Å²) in [6, 6.07) is 20.2. The number of rotatable bonds is 6. The number of carbonyl (C=O) groups is 2. The zero-order chi connectivity index (χ0) is 20.8. The van der Waals surface area contributed by atoms with Crippen molar-refractivity contribution in [2.45, 2.75) is 13.5 Å². The Labute approximate surface area is 170 Å². The number of aryl methyl sites for hydroxylation is 1. The van der Waals surface area contributed by atoms with Crippen molar-refractivity contribution in [2.24, 2.45) is 0 Å². The van der Waals surface area contributed by atoms with Crippen molar-refractivity contribution in [1.29, 1.82) is 0 Å². The summed E-state index contributed by atoms with van der Waals surface area (Å²) in [7, 11) is 3.90. The highest BCUT2D eigenvalue weighted by Gasteiger charge is 2.12. The van der Waals surface area contributed by atoms with Crippen LogP contribution in [0.15, 0.2) is 66.7 Å². The summed E-state index contributed by atoms with van der Waals surface area (Å²) in [5, 5.41) is 5.63. The van der Waals surface area contributed by atoms with Crippen molar-refractivity contribution in [1.82, 2.24) is 10.3 Å². The van der Waals surface area contributed by atoms with Gasteiger partial charge in [-0.2, -0.15) is 0 Å². The summed E-state index contributed by atoms with van der Waals surface area (Å²) in [5.74, 6) is -0.689. The Balaban J connectivity index is 1.63. The molecular formula is C23H24N4O2. The lowest BCUT2D eigenvalue weighted by Crippen LogP contribution is -2.25. The van der Waals surface area contributed by atoms with E-state index in [0.29, 0.717) is 12.2 Å². The molecule has 0 spiro atoms. The standard InChI is InChI=1S/C23H24N4O2/c1-16-7-9-17(10-8-16)15-24-22(28)20-5-4-6-21(26-20)23(29)25-18-11-13-19(14-12-18)27(2)3/h4-14H,15H2,1-3H3,(H,24,28)(H,25,29). The van der Waals surface area contributed by atoms with Crippen molar-refractivity contribution in [3.8, 4) is 0 Å². The smallest absolute Gasteiger partial charge is 0.274 e. The largest absolute Gasteiger partial charge is 0.378 e. The number of nitrogens with one attached hydrogen (secondary N) is 2. The first-order chi connectivity index (χ1) is 13.9. The van der Waals surface area contributed by atoms with Crippen molar-refractivity contribution in [3.05, 3.63) is 89.2 Å². The predicted octanol–water partition coefficient (Wildman–Crippen LogP) is 3.64. The second kappa shape index (κ2) is 9.01. The van der Waals surface area contributed by atoms with Crippen LogP contribution in [0.2, 0.25) is 0 Å². The third-order valence-electron chi connectivity index (χ3n) is 4.43. The Kier molecular flexibility index (Phi) is 6.24. The fourth-order valence-corrected chi connectivity index (χ4v) is 2.70. The average Bonchev–Trinajstić information content (AvgIpc) is 2.73. The van der Waals surface area contributed by atoms with Gasteiger partial charge in [0.1, 0.15) is 11.4 Å². The molecule has 0 radical (unpaired) electrons. The number of pyridine rings is 1. The van der Waals surface area contributed by atoms with E-state index in [1.165, 1.54) is 0 Å². The van der Waals surface area contributed by atoms with Crippen LogP contribution in [-0.2, 0) is 6.54 Å². The lowest BCUT2D eigenvalue weighted by atomic mass is 10.1. The summed E-state index contributed by atoms with van der Waals surface area (Å²) in [6.45, 7) is 2.41. The van der Waals surface area contributed by atoms with Crippen LogP contribution < -0.4 is 15.5 Å². The van der Waals surface area contributed by atoms with E-state index < -0.39 is 0 Å². The van der Waals surface area contributed by atoms with E-state index in [0.717, 1.165) is 16.8 Å². The maximum Gasteiger partial charge on any atom is 0.274 e. The Morgan fingerprint density at radius 1 is 0.862 bits per heavy atom. The Morgan fingerprint density at radius 2 is 1.48 bits per heavy atom. The minimum Gasteiger partial charge on any atom is -0.378 e. The highest BCUT2D eigenvalue weighted by atomic mass is 16.2. The van der Waals surface area contributed by atoms with Crippen molar-refractivity contribution >= 4 is 23.2 Å². The highest BCUT2D eigenvalue weighted by Crippen LogP contribution is 2.16. The molecule has 2 N–H and O–H groups in total. The zero-order valence-corrected chi connectivity index (χ0v) is 16.8. The highest BCUT2D eigenvalue weighted by molar-refractivity contribution is 6.03. The van der Waals surface area contributed by atoms with E-state index in [9.17, 15) is 9.59 Å². The van der Waals surface area contributed by atoms with E-state index in [2.05, 4.69) is 15.6 Å². The minimum absolute atomic E-state index is 0.185. The lowest BCUT2D eigenvalue weighted by Gasteiger charge is -2.13. The van der Waals surface area contributed by atoms with Gasteiger partial charge in [0.25, 0.3) is 11.8 Å². The molecule has 0 aliphatic carbocycles. The van der Waals surface area contributed by atoms with Crippen LogP contribution in [0.5, 0.6) is 0 Å². The van der Waals surface area contributed by atoms with Crippen molar-refractivity contribution in [2.75, 3.05) is 24.3 Å². The van der Waals surface area contributed by atoms with Gasteiger partial charge in [-0.25, -0.2) is 4.98 Å². The molecule has 1 aromatic heterocycles. The van der Waals surface area contributed by atoms with Gasteiger partial charge < -0.3 is 15.5 Å². The van der Waals surface area contributed by atoms with E-state index in [4.69, 9.17) is 0 Å². The van der Waals surface area contributed by atoms with Gasteiger partial charge in [0, 0.05) is 32.0 Å². The van der Waals surface area contributed by atoms with Crippen LogP contribution in [0.1, 0.15) is 32.1 Å². The van der Waals surface area contributed by atoms with Crippen LogP contribution in [-0.4, -0.2) is 30.9 Å². The molecule has 6 heteroatoms. The van der Waals surface area contributed by atoms with Gasteiger partial charge in [-0.05, 0) is 48.9 Å². The second-order valence-electron chi connectivity index (χ2n) is 6.97. The Bertz CT molecular complexity index is 996. The number of hydrogen-bond acceptors (Lipinski definition) is 4. The molecule has 6 nitrogen and oxygen atoms in total. The summed E-state index contributed by atoms with van der Waals surface area (Å²) in [4.78, 5) is 31.1. The number of hydrogen-bond donors (Lipinski definition) is 2.